The molecule has 0 aromatic carbocycles. The van der Waals surface area contributed by atoms with E-state index in [-0.39, 0.29) is 11.7 Å². The third-order valence-electron chi connectivity index (χ3n) is 3.37. The fourth-order valence-electron chi connectivity index (χ4n) is 2.31. The van der Waals surface area contributed by atoms with E-state index in [9.17, 15) is 4.79 Å². The van der Waals surface area contributed by atoms with Crippen LogP contribution in [0.25, 0.3) is 0 Å². The zero-order valence-corrected chi connectivity index (χ0v) is 10.7. The van der Waals surface area contributed by atoms with E-state index in [4.69, 9.17) is 17.3 Å². The maximum atomic E-state index is 12.1. The normalized spacial score (nSPS) is 25.6. The van der Waals surface area contributed by atoms with Crippen molar-refractivity contribution in [1.29, 1.82) is 0 Å². The maximum Gasteiger partial charge on any atom is 0.175 e. The van der Waals surface area contributed by atoms with E-state index >= 15 is 0 Å². The van der Waals surface area contributed by atoms with Gasteiger partial charge >= 0.3 is 0 Å². The molecular weight excluding hydrogens is 242 g/mol. The molecule has 1 aliphatic rings. The Morgan fingerprint density at radius 1 is 1.38 bits per heavy atom. The van der Waals surface area contributed by atoms with Crippen molar-refractivity contribution in [3.63, 3.8) is 0 Å². The van der Waals surface area contributed by atoms with Gasteiger partial charge in [0, 0.05) is 5.92 Å². The molecule has 2 nitrogen and oxygen atoms in total. The highest BCUT2D eigenvalue weighted by Gasteiger charge is 2.27. The number of nitrogens with two attached hydrogens (primary N) is 1. The standard InChI is InChI=1S/C12H16ClNOS/c13-11-6-5-10(16-11)12(15)9-3-1-8(7-14)2-4-9/h5-6,8-9H,1-4,7,14H2. The van der Waals surface area contributed by atoms with Gasteiger partial charge in [-0.3, -0.25) is 4.79 Å². The molecule has 0 spiro atoms. The highest BCUT2D eigenvalue weighted by atomic mass is 35.5. The summed E-state index contributed by atoms with van der Waals surface area (Å²) in [6.07, 6.45) is 4.14. The SMILES string of the molecule is NCC1CCC(C(=O)c2ccc(Cl)s2)CC1. The molecule has 1 fully saturated rings. The second kappa shape index (κ2) is 5.30. The number of carbonyl (C=O) groups is 1. The lowest BCUT2D eigenvalue weighted by atomic mass is 9.80. The number of hydrogen-bond donors (Lipinski definition) is 1. The van der Waals surface area contributed by atoms with Crippen LogP contribution >= 0.6 is 22.9 Å². The summed E-state index contributed by atoms with van der Waals surface area (Å²) in [6.45, 7) is 0.756. The van der Waals surface area contributed by atoms with Crippen LogP contribution in [0.4, 0.5) is 0 Å². The Morgan fingerprint density at radius 3 is 2.56 bits per heavy atom. The van der Waals surface area contributed by atoms with Crippen molar-refractivity contribution in [2.45, 2.75) is 25.7 Å². The molecule has 0 amide bonds. The predicted molar refractivity (Wildman–Crippen MR) is 68.2 cm³/mol. The number of carbonyl (C=O) groups excluding carboxylic acids is 1. The fraction of sp³-hybridized carbons (Fsp3) is 0.583. The van der Waals surface area contributed by atoms with Gasteiger partial charge in [0.15, 0.2) is 5.78 Å². The van der Waals surface area contributed by atoms with Gasteiger partial charge in [-0.15, -0.1) is 11.3 Å². The molecule has 0 unspecified atom stereocenters. The second-order valence-corrected chi connectivity index (χ2v) is 6.14. The number of Topliss-reactive ketones (excluding diaryl/α,β-unsaturated/α-hetero) is 1. The molecule has 1 saturated carbocycles. The number of thiophene rings is 1. The lowest BCUT2D eigenvalue weighted by molar-refractivity contribution is 0.0878. The minimum Gasteiger partial charge on any atom is -0.330 e. The Labute approximate surface area is 105 Å². The second-order valence-electron chi connectivity index (χ2n) is 4.42. The largest absolute Gasteiger partial charge is 0.330 e. The third kappa shape index (κ3) is 2.65. The summed E-state index contributed by atoms with van der Waals surface area (Å²) in [6, 6.07) is 3.63. The number of hydrogen-bond acceptors (Lipinski definition) is 3. The molecule has 0 bridgehead atoms. The summed E-state index contributed by atoms with van der Waals surface area (Å²) >= 11 is 7.23. The van der Waals surface area contributed by atoms with Crippen molar-refractivity contribution in [3.05, 3.63) is 21.3 Å². The van der Waals surface area contributed by atoms with Crippen molar-refractivity contribution < 1.29 is 4.79 Å². The Kier molecular flexibility index (Phi) is 4.00. The summed E-state index contributed by atoms with van der Waals surface area (Å²) in [5.41, 5.74) is 5.64. The van der Waals surface area contributed by atoms with Gasteiger partial charge in [-0.05, 0) is 50.3 Å². The Balaban J connectivity index is 1.96. The van der Waals surface area contributed by atoms with Crippen LogP contribution < -0.4 is 5.73 Å². The summed E-state index contributed by atoms with van der Waals surface area (Å²) in [4.78, 5) is 12.9. The maximum absolute atomic E-state index is 12.1. The smallest absolute Gasteiger partial charge is 0.175 e. The van der Waals surface area contributed by atoms with E-state index in [0.717, 1.165) is 37.1 Å². The van der Waals surface area contributed by atoms with E-state index < -0.39 is 0 Å². The van der Waals surface area contributed by atoms with Crippen molar-refractivity contribution in [2.75, 3.05) is 6.54 Å². The monoisotopic (exact) mass is 257 g/mol. The van der Waals surface area contributed by atoms with E-state index in [2.05, 4.69) is 0 Å². The molecule has 1 heterocycles. The molecule has 88 valence electrons. The fourth-order valence-corrected chi connectivity index (χ4v) is 3.37. The molecular formula is C12H16ClNOS. The zero-order chi connectivity index (χ0) is 11.5. The first-order valence-corrected chi connectivity index (χ1v) is 6.89. The van der Waals surface area contributed by atoms with Gasteiger partial charge < -0.3 is 5.73 Å². The zero-order valence-electron chi connectivity index (χ0n) is 9.12. The topological polar surface area (TPSA) is 43.1 Å². The van der Waals surface area contributed by atoms with Crippen molar-refractivity contribution in [3.8, 4) is 0 Å². The highest BCUT2D eigenvalue weighted by molar-refractivity contribution is 7.18. The van der Waals surface area contributed by atoms with Crippen LogP contribution in [0.3, 0.4) is 0 Å². The van der Waals surface area contributed by atoms with Crippen LogP contribution in [0.5, 0.6) is 0 Å². The molecule has 1 aliphatic carbocycles. The van der Waals surface area contributed by atoms with Gasteiger partial charge in [0.1, 0.15) is 0 Å². The number of ketones is 1. The summed E-state index contributed by atoms with van der Waals surface area (Å²) < 4.78 is 0.694. The first-order chi connectivity index (χ1) is 7.70. The van der Waals surface area contributed by atoms with Crippen LogP contribution in [-0.2, 0) is 0 Å². The Bertz CT molecular complexity index is 369. The predicted octanol–water partition coefficient (Wildman–Crippen LogP) is 3.35. The molecule has 0 radical (unpaired) electrons. The third-order valence-corrected chi connectivity index (χ3v) is 4.61. The van der Waals surface area contributed by atoms with Gasteiger partial charge in [-0.25, -0.2) is 0 Å². The molecule has 16 heavy (non-hydrogen) atoms. The molecule has 0 saturated heterocycles. The molecule has 2 N–H and O–H groups in total. The van der Waals surface area contributed by atoms with Crippen molar-refractivity contribution in [1.82, 2.24) is 0 Å². The van der Waals surface area contributed by atoms with Crippen molar-refractivity contribution in [2.24, 2.45) is 17.6 Å². The molecule has 4 heteroatoms. The Morgan fingerprint density at radius 2 is 2.06 bits per heavy atom. The molecule has 0 atom stereocenters. The Hall–Kier alpha value is -0.380. The van der Waals surface area contributed by atoms with Crippen LogP contribution in [0.15, 0.2) is 12.1 Å². The van der Waals surface area contributed by atoms with E-state index in [1.807, 2.05) is 6.07 Å². The molecule has 1 aromatic heterocycles. The van der Waals surface area contributed by atoms with Gasteiger partial charge in [0.05, 0.1) is 9.21 Å². The van der Waals surface area contributed by atoms with Gasteiger partial charge in [-0.2, -0.15) is 0 Å². The summed E-state index contributed by atoms with van der Waals surface area (Å²) in [7, 11) is 0. The van der Waals surface area contributed by atoms with Crippen molar-refractivity contribution >= 4 is 28.7 Å². The molecule has 0 aliphatic heterocycles. The van der Waals surface area contributed by atoms with E-state index in [1.54, 1.807) is 6.07 Å². The van der Waals surface area contributed by atoms with Gasteiger partial charge in [0.2, 0.25) is 0 Å². The minimum absolute atomic E-state index is 0.192. The van der Waals surface area contributed by atoms with Gasteiger partial charge in [0.25, 0.3) is 0 Å². The lowest BCUT2D eigenvalue weighted by Gasteiger charge is -2.26. The average Bonchev–Trinajstić information content (AvgIpc) is 2.75. The number of halogens is 1. The average molecular weight is 258 g/mol. The van der Waals surface area contributed by atoms with Crippen LogP contribution in [0.1, 0.15) is 35.4 Å². The van der Waals surface area contributed by atoms with Crippen LogP contribution in [-0.4, -0.2) is 12.3 Å². The first kappa shape index (κ1) is 12.1. The summed E-state index contributed by atoms with van der Waals surface area (Å²) in [5, 5.41) is 0. The van der Waals surface area contributed by atoms with Crippen LogP contribution in [0.2, 0.25) is 4.34 Å². The van der Waals surface area contributed by atoms with E-state index in [0.29, 0.717) is 10.3 Å². The molecule has 2 rings (SSSR count). The molecule has 1 aromatic rings. The van der Waals surface area contributed by atoms with E-state index in [1.165, 1.54) is 11.3 Å². The van der Waals surface area contributed by atoms with Crippen LogP contribution in [0, 0.1) is 11.8 Å². The first-order valence-electron chi connectivity index (χ1n) is 5.70. The summed E-state index contributed by atoms with van der Waals surface area (Å²) in [5.74, 6) is 1.08. The quantitative estimate of drug-likeness (QED) is 0.844. The lowest BCUT2D eigenvalue weighted by Crippen LogP contribution is -2.25. The highest BCUT2D eigenvalue weighted by Crippen LogP contribution is 2.32. The number of rotatable bonds is 3. The van der Waals surface area contributed by atoms with Gasteiger partial charge in [-0.1, -0.05) is 11.6 Å². The minimum atomic E-state index is 0.192.